The summed E-state index contributed by atoms with van der Waals surface area (Å²) < 4.78 is 39.2. The molecule has 1 amide bonds. The molecular weight excluding hydrogens is 459 g/mol. The fourth-order valence-corrected chi connectivity index (χ4v) is 3.09. The topological polar surface area (TPSA) is 152 Å². The first-order valence-electron chi connectivity index (χ1n) is 10.0. The van der Waals surface area contributed by atoms with E-state index in [2.05, 4.69) is 25.5 Å². The van der Waals surface area contributed by atoms with Crippen LogP contribution in [0.1, 0.15) is 18.1 Å². The van der Waals surface area contributed by atoms with Gasteiger partial charge in [-0.25, -0.2) is 15.1 Å². The standard InChI is InChI=1S/C19H20F3N9O3/c1-12(28-14-10-26-29-17(33)16(14)19(20,21)22)7-27-34-11-15(32)30-2-4-31(5-3-30)18-24-8-13(6-23)9-25-18/h7-10,12H,2-5,11H2,1H3,(H2,28,29,33)/b27-7+. The summed E-state index contributed by atoms with van der Waals surface area (Å²) in [4.78, 5) is 40.5. The molecule has 0 aromatic carbocycles. The summed E-state index contributed by atoms with van der Waals surface area (Å²) in [6, 6.07) is 1.19. The zero-order chi connectivity index (χ0) is 24.7. The number of carbonyl (C=O) groups is 1. The molecule has 1 atom stereocenters. The van der Waals surface area contributed by atoms with Gasteiger partial charge >= 0.3 is 6.18 Å². The number of nitrogens with one attached hydrogen (secondary N) is 2. The maximum Gasteiger partial charge on any atom is 0.423 e. The van der Waals surface area contributed by atoms with Crippen LogP contribution in [-0.4, -0.2) is 76.0 Å². The van der Waals surface area contributed by atoms with Crippen molar-refractivity contribution in [2.45, 2.75) is 19.1 Å². The Hall–Kier alpha value is -4.22. The molecule has 0 bridgehead atoms. The van der Waals surface area contributed by atoms with Crippen LogP contribution >= 0.6 is 0 Å². The Morgan fingerprint density at radius 2 is 2.00 bits per heavy atom. The summed E-state index contributed by atoms with van der Waals surface area (Å²) in [5, 5.41) is 20.0. The van der Waals surface area contributed by atoms with E-state index in [4.69, 9.17) is 10.1 Å². The average molecular weight is 479 g/mol. The van der Waals surface area contributed by atoms with Gasteiger partial charge in [0.1, 0.15) is 11.6 Å². The van der Waals surface area contributed by atoms with Crippen LogP contribution in [0.2, 0.25) is 0 Å². The molecule has 2 N–H and O–H groups in total. The van der Waals surface area contributed by atoms with E-state index in [1.807, 2.05) is 11.0 Å². The van der Waals surface area contributed by atoms with E-state index >= 15 is 0 Å². The fraction of sp³-hybridized carbons (Fsp3) is 0.421. The van der Waals surface area contributed by atoms with Crippen LogP contribution in [0.4, 0.5) is 24.8 Å². The zero-order valence-corrected chi connectivity index (χ0v) is 17.9. The highest BCUT2D eigenvalue weighted by molar-refractivity contribution is 5.78. The van der Waals surface area contributed by atoms with Gasteiger partial charge in [-0.05, 0) is 6.92 Å². The van der Waals surface area contributed by atoms with E-state index in [-0.39, 0.29) is 12.5 Å². The number of H-pyrrole nitrogens is 1. The summed E-state index contributed by atoms with van der Waals surface area (Å²) >= 11 is 0. The first-order chi connectivity index (χ1) is 16.2. The highest BCUT2D eigenvalue weighted by Crippen LogP contribution is 2.31. The van der Waals surface area contributed by atoms with Crippen LogP contribution in [0.3, 0.4) is 0 Å². The molecule has 1 aliphatic rings. The number of alkyl halides is 3. The molecule has 0 saturated carbocycles. The minimum absolute atomic E-state index is 0.309. The number of halogens is 3. The van der Waals surface area contributed by atoms with Gasteiger partial charge in [0.2, 0.25) is 5.95 Å². The summed E-state index contributed by atoms with van der Waals surface area (Å²) in [7, 11) is 0. The third-order valence-electron chi connectivity index (χ3n) is 4.75. The van der Waals surface area contributed by atoms with Gasteiger partial charge in [0.15, 0.2) is 6.61 Å². The molecule has 3 rings (SSSR count). The summed E-state index contributed by atoms with van der Waals surface area (Å²) in [6.07, 6.45) is 0.000867. The van der Waals surface area contributed by atoms with Crippen LogP contribution < -0.4 is 15.8 Å². The van der Waals surface area contributed by atoms with Gasteiger partial charge in [0, 0.05) is 26.2 Å². The number of amides is 1. The number of hydrogen-bond acceptors (Lipinski definition) is 10. The molecule has 1 fully saturated rings. The molecule has 12 nitrogen and oxygen atoms in total. The molecule has 1 unspecified atom stereocenters. The lowest BCUT2D eigenvalue weighted by atomic mass is 10.2. The van der Waals surface area contributed by atoms with Crippen LogP contribution in [0.15, 0.2) is 28.5 Å². The maximum atomic E-state index is 13.1. The molecule has 3 heterocycles. The molecule has 15 heteroatoms. The number of aromatic nitrogens is 4. The van der Waals surface area contributed by atoms with Crippen molar-refractivity contribution >= 4 is 23.8 Å². The highest BCUT2D eigenvalue weighted by Gasteiger charge is 2.37. The number of rotatable bonds is 7. The van der Waals surface area contributed by atoms with Gasteiger partial charge in [0.25, 0.3) is 11.5 Å². The van der Waals surface area contributed by atoms with E-state index in [1.165, 1.54) is 19.3 Å². The first-order valence-corrected chi connectivity index (χ1v) is 10.0. The SMILES string of the molecule is CC(/C=N/OCC(=O)N1CCN(c2ncc(C#N)cn2)CC1)Nc1cn[nH]c(=O)c1C(F)(F)F. The smallest absolute Gasteiger partial charge is 0.386 e. The van der Waals surface area contributed by atoms with Gasteiger partial charge in [-0.3, -0.25) is 9.59 Å². The fourth-order valence-electron chi connectivity index (χ4n) is 3.09. The number of anilines is 2. The van der Waals surface area contributed by atoms with Crippen molar-refractivity contribution in [1.29, 1.82) is 5.26 Å². The molecule has 2 aromatic rings. The normalized spacial score (nSPS) is 15.1. The number of aromatic amines is 1. The monoisotopic (exact) mass is 479 g/mol. The number of piperazine rings is 1. The predicted molar refractivity (Wildman–Crippen MR) is 113 cm³/mol. The van der Waals surface area contributed by atoms with E-state index in [0.29, 0.717) is 37.7 Å². The molecular formula is C19H20F3N9O3. The van der Waals surface area contributed by atoms with Gasteiger partial charge < -0.3 is 20.0 Å². The second kappa shape index (κ2) is 10.6. The Morgan fingerprint density at radius 1 is 1.32 bits per heavy atom. The van der Waals surface area contributed by atoms with Crippen molar-refractivity contribution in [2.24, 2.45) is 5.16 Å². The van der Waals surface area contributed by atoms with E-state index < -0.39 is 29.0 Å². The number of carbonyl (C=O) groups excluding carboxylic acids is 1. The molecule has 0 aliphatic carbocycles. The van der Waals surface area contributed by atoms with E-state index in [0.717, 1.165) is 12.4 Å². The van der Waals surface area contributed by atoms with Crippen molar-refractivity contribution in [2.75, 3.05) is 43.0 Å². The van der Waals surface area contributed by atoms with Crippen LogP contribution in [-0.2, 0) is 15.8 Å². The summed E-state index contributed by atoms with van der Waals surface area (Å²) in [5.74, 6) is 0.161. The molecule has 0 radical (unpaired) electrons. The van der Waals surface area contributed by atoms with Gasteiger partial charge in [0.05, 0.1) is 42.1 Å². The Bertz CT molecular complexity index is 1120. The number of nitriles is 1. The van der Waals surface area contributed by atoms with Crippen LogP contribution in [0.25, 0.3) is 0 Å². The lowest BCUT2D eigenvalue weighted by Gasteiger charge is -2.34. The van der Waals surface area contributed by atoms with E-state index in [1.54, 1.807) is 10.00 Å². The first kappa shape index (κ1) is 24.4. The molecule has 1 aliphatic heterocycles. The Labute approximate surface area is 191 Å². The van der Waals surface area contributed by atoms with Crippen molar-refractivity contribution < 1.29 is 22.8 Å². The minimum Gasteiger partial charge on any atom is -0.386 e. The number of oxime groups is 1. The second-order valence-corrected chi connectivity index (χ2v) is 7.20. The van der Waals surface area contributed by atoms with Gasteiger partial charge in [-0.1, -0.05) is 5.16 Å². The molecule has 180 valence electrons. The van der Waals surface area contributed by atoms with Crippen LogP contribution in [0.5, 0.6) is 0 Å². The predicted octanol–water partition coefficient (Wildman–Crippen LogP) is 0.602. The minimum atomic E-state index is -4.87. The largest absolute Gasteiger partial charge is 0.423 e. The Morgan fingerprint density at radius 3 is 2.62 bits per heavy atom. The summed E-state index contributed by atoms with van der Waals surface area (Å²) in [5.41, 5.74) is -2.91. The Balaban J connectivity index is 1.45. The number of nitrogens with zero attached hydrogens (tertiary/aromatic N) is 7. The second-order valence-electron chi connectivity index (χ2n) is 7.20. The zero-order valence-electron chi connectivity index (χ0n) is 17.9. The van der Waals surface area contributed by atoms with Crippen molar-refractivity contribution in [3.63, 3.8) is 0 Å². The molecule has 1 saturated heterocycles. The van der Waals surface area contributed by atoms with Crippen molar-refractivity contribution in [3.05, 3.63) is 40.1 Å². The third-order valence-corrected chi connectivity index (χ3v) is 4.75. The lowest BCUT2D eigenvalue weighted by molar-refractivity contribution is -0.138. The third kappa shape index (κ3) is 6.18. The van der Waals surface area contributed by atoms with Crippen molar-refractivity contribution in [3.8, 4) is 6.07 Å². The molecule has 0 spiro atoms. The maximum absolute atomic E-state index is 13.1. The molecule has 2 aromatic heterocycles. The average Bonchev–Trinajstić information content (AvgIpc) is 2.81. The van der Waals surface area contributed by atoms with Gasteiger partial charge in [-0.15, -0.1) is 0 Å². The lowest BCUT2D eigenvalue weighted by Crippen LogP contribution is -2.50. The van der Waals surface area contributed by atoms with Crippen LogP contribution in [0, 0.1) is 11.3 Å². The summed E-state index contributed by atoms with van der Waals surface area (Å²) in [6.45, 7) is 2.94. The Kier molecular flexibility index (Phi) is 7.61. The number of hydrogen-bond donors (Lipinski definition) is 2. The van der Waals surface area contributed by atoms with Crippen molar-refractivity contribution in [1.82, 2.24) is 25.1 Å². The van der Waals surface area contributed by atoms with Gasteiger partial charge in [-0.2, -0.15) is 23.5 Å². The highest BCUT2D eigenvalue weighted by atomic mass is 19.4. The van der Waals surface area contributed by atoms with E-state index in [9.17, 15) is 22.8 Å². The quantitative estimate of drug-likeness (QED) is 0.429. The molecule has 34 heavy (non-hydrogen) atoms.